The maximum Gasteiger partial charge on any atom is 0.255 e. The van der Waals surface area contributed by atoms with Crippen molar-refractivity contribution in [1.29, 1.82) is 0 Å². The molecule has 1 aliphatic heterocycles. The molecule has 0 saturated carbocycles. The predicted octanol–water partition coefficient (Wildman–Crippen LogP) is 4.87. The summed E-state index contributed by atoms with van der Waals surface area (Å²) in [7, 11) is 0. The van der Waals surface area contributed by atoms with Crippen molar-refractivity contribution in [1.82, 2.24) is 14.5 Å². The number of hydrogen-bond acceptors (Lipinski definition) is 2. The number of carbonyl (C=O) groups excluding carboxylic acids is 1. The van der Waals surface area contributed by atoms with E-state index in [1.165, 1.54) is 0 Å². The minimum absolute atomic E-state index is 0.00869. The molecule has 1 saturated heterocycles. The van der Waals surface area contributed by atoms with Crippen molar-refractivity contribution in [3.8, 4) is 0 Å². The molecule has 1 aromatic heterocycles. The van der Waals surface area contributed by atoms with Gasteiger partial charge in [0.25, 0.3) is 5.91 Å². The lowest BCUT2D eigenvalue weighted by molar-refractivity contribution is 0.0682. The molecule has 25 heavy (non-hydrogen) atoms. The van der Waals surface area contributed by atoms with E-state index in [2.05, 4.69) is 29.6 Å². The molecule has 0 atom stereocenters. The Labute approximate surface area is 158 Å². The molecule has 1 amide bonds. The Morgan fingerprint density at radius 3 is 2.64 bits per heavy atom. The average Bonchev–Trinajstić information content (AvgIpc) is 3.03. The van der Waals surface area contributed by atoms with E-state index in [1.54, 1.807) is 18.2 Å². The molecule has 0 unspecified atom stereocenters. The van der Waals surface area contributed by atoms with Gasteiger partial charge in [-0.05, 0) is 37.0 Å². The Hall–Kier alpha value is -1.52. The van der Waals surface area contributed by atoms with Crippen LogP contribution in [0.4, 0.5) is 0 Å². The van der Waals surface area contributed by atoms with Gasteiger partial charge in [0.15, 0.2) is 0 Å². The molecule has 0 N–H and O–H groups in total. The lowest BCUT2D eigenvalue weighted by Gasteiger charge is -2.32. The van der Waals surface area contributed by atoms with Crippen LogP contribution in [-0.4, -0.2) is 33.4 Å². The largest absolute Gasteiger partial charge is 0.339 e. The minimum Gasteiger partial charge on any atom is -0.339 e. The smallest absolute Gasteiger partial charge is 0.255 e. The monoisotopic (exact) mass is 379 g/mol. The molecule has 2 aromatic rings. The fourth-order valence-electron chi connectivity index (χ4n) is 3.41. The van der Waals surface area contributed by atoms with Crippen molar-refractivity contribution < 1.29 is 4.79 Å². The minimum atomic E-state index is -0.00869. The van der Waals surface area contributed by atoms with E-state index in [0.29, 0.717) is 27.4 Å². The molecule has 1 aliphatic rings. The maximum absolute atomic E-state index is 12.7. The molecule has 4 nitrogen and oxygen atoms in total. The van der Waals surface area contributed by atoms with Gasteiger partial charge in [-0.2, -0.15) is 0 Å². The summed E-state index contributed by atoms with van der Waals surface area (Å²) in [5.41, 5.74) is 0.529. The molecule has 134 valence electrons. The van der Waals surface area contributed by atoms with Gasteiger partial charge in [-0.15, -0.1) is 0 Å². The van der Waals surface area contributed by atoms with Crippen LogP contribution < -0.4 is 0 Å². The van der Waals surface area contributed by atoms with E-state index in [0.717, 1.165) is 38.3 Å². The number of rotatable bonds is 4. The van der Waals surface area contributed by atoms with Crippen molar-refractivity contribution >= 4 is 29.1 Å². The molecule has 0 aliphatic carbocycles. The second kappa shape index (κ2) is 7.79. The van der Waals surface area contributed by atoms with Gasteiger partial charge in [0.05, 0.1) is 10.6 Å². The number of aromatic nitrogens is 2. The summed E-state index contributed by atoms with van der Waals surface area (Å²) in [5, 5.41) is 0.959. The Balaban J connectivity index is 1.60. The Kier molecular flexibility index (Phi) is 5.70. The topological polar surface area (TPSA) is 38.1 Å². The number of nitrogens with zero attached hydrogens (tertiary/aromatic N) is 3. The Morgan fingerprint density at radius 2 is 2.00 bits per heavy atom. The first-order valence-corrected chi connectivity index (χ1v) is 9.46. The molecule has 0 spiro atoms. The number of halogens is 2. The van der Waals surface area contributed by atoms with Crippen LogP contribution in [0, 0.1) is 5.92 Å². The number of hydrogen-bond donors (Lipinski definition) is 0. The zero-order valence-corrected chi connectivity index (χ0v) is 16.1. The van der Waals surface area contributed by atoms with Crippen LogP contribution >= 0.6 is 23.2 Å². The highest BCUT2D eigenvalue weighted by Crippen LogP contribution is 2.26. The fraction of sp³-hybridized carbons (Fsp3) is 0.474. The third-order valence-corrected chi connectivity index (χ3v) is 5.33. The summed E-state index contributed by atoms with van der Waals surface area (Å²) in [5.74, 6) is 2.11. The summed E-state index contributed by atoms with van der Waals surface area (Å²) in [6.45, 7) is 6.81. The molecule has 0 bridgehead atoms. The first kappa shape index (κ1) is 18.3. The number of imidazole rings is 1. The molecule has 1 fully saturated rings. The molecule has 3 rings (SSSR count). The molecule has 1 aromatic carbocycles. The fourth-order valence-corrected chi connectivity index (χ4v) is 3.90. The van der Waals surface area contributed by atoms with E-state index in [9.17, 15) is 4.79 Å². The molecular weight excluding hydrogens is 357 g/mol. The van der Waals surface area contributed by atoms with Gasteiger partial charge < -0.3 is 9.47 Å². The molecule has 6 heteroatoms. The average molecular weight is 380 g/mol. The van der Waals surface area contributed by atoms with Gasteiger partial charge in [0.1, 0.15) is 5.82 Å². The van der Waals surface area contributed by atoms with E-state index < -0.39 is 0 Å². The zero-order valence-electron chi connectivity index (χ0n) is 14.6. The van der Waals surface area contributed by atoms with Crippen molar-refractivity contribution in [3.05, 3.63) is 52.0 Å². The summed E-state index contributed by atoms with van der Waals surface area (Å²) >= 11 is 12.1. The van der Waals surface area contributed by atoms with Gasteiger partial charge in [-0.3, -0.25) is 4.79 Å². The Morgan fingerprint density at radius 1 is 1.28 bits per heavy atom. The molecule has 0 radical (unpaired) electrons. The van der Waals surface area contributed by atoms with Crippen LogP contribution in [0.5, 0.6) is 0 Å². The van der Waals surface area contributed by atoms with Crippen LogP contribution in [0.15, 0.2) is 30.6 Å². The van der Waals surface area contributed by atoms with Crippen molar-refractivity contribution in [3.63, 3.8) is 0 Å². The summed E-state index contributed by atoms with van der Waals surface area (Å²) in [6.07, 6.45) is 5.91. The second-order valence-corrected chi connectivity index (χ2v) is 7.80. The highest BCUT2D eigenvalue weighted by Gasteiger charge is 2.25. The van der Waals surface area contributed by atoms with Crippen LogP contribution in [0.1, 0.15) is 48.8 Å². The molecular formula is C19H23Cl2N3O. The maximum atomic E-state index is 12.7. The highest BCUT2D eigenvalue weighted by molar-refractivity contribution is 6.36. The Bertz CT molecular complexity index is 749. The van der Waals surface area contributed by atoms with Crippen LogP contribution in [-0.2, 0) is 6.54 Å². The number of likely N-dealkylation sites (tertiary alicyclic amines) is 1. The number of carbonyl (C=O) groups is 1. The van der Waals surface area contributed by atoms with Gasteiger partial charge in [-0.25, -0.2) is 4.98 Å². The van der Waals surface area contributed by atoms with Crippen molar-refractivity contribution in [2.45, 2.75) is 39.2 Å². The van der Waals surface area contributed by atoms with Crippen molar-refractivity contribution in [2.75, 3.05) is 13.1 Å². The SMILES string of the molecule is CC(C)c1nccn1CC1CCN(C(=O)c2ccc(Cl)cc2Cl)CC1. The third-order valence-electron chi connectivity index (χ3n) is 4.78. The van der Waals surface area contributed by atoms with Crippen molar-refractivity contribution in [2.24, 2.45) is 5.92 Å². The summed E-state index contributed by atoms with van der Waals surface area (Å²) in [4.78, 5) is 19.0. The van der Waals surface area contributed by atoms with Crippen LogP contribution in [0.3, 0.4) is 0 Å². The lowest BCUT2D eigenvalue weighted by atomic mass is 9.96. The number of piperidine rings is 1. The lowest BCUT2D eigenvalue weighted by Crippen LogP contribution is -2.39. The first-order valence-electron chi connectivity index (χ1n) is 8.71. The third kappa shape index (κ3) is 4.18. The second-order valence-electron chi connectivity index (χ2n) is 6.95. The quantitative estimate of drug-likeness (QED) is 0.759. The summed E-state index contributed by atoms with van der Waals surface area (Å²) in [6, 6.07) is 5.04. The number of amides is 1. The van der Waals surface area contributed by atoms with E-state index in [4.69, 9.17) is 23.2 Å². The van der Waals surface area contributed by atoms with E-state index >= 15 is 0 Å². The van der Waals surface area contributed by atoms with Crippen LogP contribution in [0.25, 0.3) is 0 Å². The molecule has 2 heterocycles. The highest BCUT2D eigenvalue weighted by atomic mass is 35.5. The van der Waals surface area contributed by atoms with E-state index in [-0.39, 0.29) is 5.91 Å². The van der Waals surface area contributed by atoms with Crippen LogP contribution in [0.2, 0.25) is 10.0 Å². The van der Waals surface area contributed by atoms with E-state index in [1.807, 2.05) is 11.1 Å². The summed E-state index contributed by atoms with van der Waals surface area (Å²) < 4.78 is 2.25. The van der Waals surface area contributed by atoms with Gasteiger partial charge in [0, 0.05) is 43.0 Å². The first-order chi connectivity index (χ1) is 12.0. The standard InChI is InChI=1S/C19H23Cl2N3O/c1-13(2)18-22-7-10-24(18)12-14-5-8-23(9-6-14)19(25)16-4-3-15(20)11-17(16)21/h3-4,7,10-11,13-14H,5-6,8-9,12H2,1-2H3. The normalized spacial score (nSPS) is 15.8. The van der Waals surface area contributed by atoms with Gasteiger partial charge in [0.2, 0.25) is 0 Å². The predicted molar refractivity (Wildman–Crippen MR) is 101 cm³/mol. The van der Waals surface area contributed by atoms with Gasteiger partial charge >= 0.3 is 0 Å². The number of benzene rings is 1. The zero-order chi connectivity index (χ0) is 18.0. The van der Waals surface area contributed by atoms with Gasteiger partial charge in [-0.1, -0.05) is 37.0 Å².